The molecule has 0 aromatic heterocycles. The Bertz CT molecular complexity index is 835. The number of nitrogens with one attached hydrogen (secondary N) is 1. The Labute approximate surface area is 169 Å². The Hall–Kier alpha value is -2.80. The topological polar surface area (TPSA) is 75.7 Å². The summed E-state index contributed by atoms with van der Waals surface area (Å²) in [4.78, 5) is 38.5. The number of ether oxygens (including phenoxy) is 1. The van der Waals surface area contributed by atoms with Crippen LogP contribution in [0.5, 0.6) is 5.75 Å². The van der Waals surface area contributed by atoms with Crippen molar-refractivity contribution in [2.75, 3.05) is 26.5 Å². The quantitative estimate of drug-likeness (QED) is 0.523. The number of Topliss-reactive ketones (excluding diaryl/α,β-unsaturated/α-hetero) is 1. The van der Waals surface area contributed by atoms with Crippen LogP contribution in [0.2, 0.25) is 0 Å². The number of hydrogen-bond donors (Lipinski definition) is 1. The maximum atomic E-state index is 12.2. The number of para-hydroxylation sites is 1. The van der Waals surface area contributed by atoms with Crippen molar-refractivity contribution < 1.29 is 19.1 Å². The minimum Gasteiger partial charge on any atom is -0.497 e. The average molecular weight is 401 g/mol. The lowest BCUT2D eigenvalue weighted by atomic mass is 10.1. The van der Waals surface area contributed by atoms with Crippen LogP contribution in [0.3, 0.4) is 0 Å². The first-order valence-electron chi connectivity index (χ1n) is 8.86. The van der Waals surface area contributed by atoms with Crippen molar-refractivity contribution in [1.82, 2.24) is 4.90 Å². The molecular formula is C21H24N2O4S. The molecule has 0 fully saturated rings. The van der Waals surface area contributed by atoms with Gasteiger partial charge in [-0.15, -0.1) is 0 Å². The molecular weight excluding hydrogens is 376 g/mol. The molecule has 0 spiro atoms. The first kappa shape index (κ1) is 21.5. The number of benzene rings is 2. The lowest BCUT2D eigenvalue weighted by Crippen LogP contribution is -2.17. The number of anilines is 1. The molecule has 2 aromatic rings. The van der Waals surface area contributed by atoms with Gasteiger partial charge in [0.05, 0.1) is 12.8 Å². The van der Waals surface area contributed by atoms with Crippen molar-refractivity contribution >= 4 is 34.4 Å². The highest BCUT2D eigenvalue weighted by Gasteiger charge is 2.13. The predicted octanol–water partition coefficient (Wildman–Crippen LogP) is 4.46. The smallest absolute Gasteiger partial charge is 0.286 e. The molecule has 0 unspecified atom stereocenters. The second-order valence-corrected chi connectivity index (χ2v) is 7.31. The molecule has 0 aliphatic carbocycles. The second-order valence-electron chi connectivity index (χ2n) is 6.31. The van der Waals surface area contributed by atoms with Gasteiger partial charge < -0.3 is 15.0 Å². The number of nitrogens with zero attached hydrogens (tertiary/aromatic N) is 1. The van der Waals surface area contributed by atoms with Crippen molar-refractivity contribution in [2.24, 2.45) is 0 Å². The van der Waals surface area contributed by atoms with E-state index < -0.39 is 0 Å². The highest BCUT2D eigenvalue weighted by atomic mass is 32.2. The van der Waals surface area contributed by atoms with E-state index in [1.807, 2.05) is 6.07 Å². The molecule has 0 aliphatic rings. The van der Waals surface area contributed by atoms with Crippen molar-refractivity contribution in [2.45, 2.75) is 24.2 Å². The van der Waals surface area contributed by atoms with Crippen molar-refractivity contribution in [1.29, 1.82) is 0 Å². The third-order valence-corrected chi connectivity index (χ3v) is 5.06. The van der Waals surface area contributed by atoms with Crippen LogP contribution in [0.25, 0.3) is 0 Å². The zero-order chi connectivity index (χ0) is 20.5. The SMILES string of the molecule is COc1ccc(C(=O)CCCC(=O)Nc2ccccc2SC(=O)N(C)C)cc1. The van der Waals surface area contributed by atoms with E-state index in [2.05, 4.69) is 5.32 Å². The number of ketones is 1. The van der Waals surface area contributed by atoms with Gasteiger partial charge in [-0.3, -0.25) is 14.4 Å². The Balaban J connectivity index is 1.85. The molecule has 0 saturated carbocycles. The maximum Gasteiger partial charge on any atom is 0.286 e. The van der Waals surface area contributed by atoms with Gasteiger partial charge in [0.15, 0.2) is 5.78 Å². The Kier molecular flexibility index (Phi) is 8.07. The average Bonchev–Trinajstić information content (AvgIpc) is 2.69. The van der Waals surface area contributed by atoms with Crippen LogP contribution in [0.15, 0.2) is 53.4 Å². The van der Waals surface area contributed by atoms with Gasteiger partial charge in [0.1, 0.15) is 5.75 Å². The Morgan fingerprint density at radius 1 is 1.00 bits per heavy atom. The summed E-state index contributed by atoms with van der Waals surface area (Å²) in [5.74, 6) is 0.496. The summed E-state index contributed by atoms with van der Waals surface area (Å²) in [7, 11) is 4.93. The van der Waals surface area contributed by atoms with Crippen LogP contribution in [-0.4, -0.2) is 43.0 Å². The van der Waals surface area contributed by atoms with Gasteiger partial charge in [0, 0.05) is 37.4 Å². The summed E-state index contributed by atoms with van der Waals surface area (Å²) < 4.78 is 5.08. The first-order chi connectivity index (χ1) is 13.4. The molecule has 0 bridgehead atoms. The lowest BCUT2D eigenvalue weighted by Gasteiger charge is -2.13. The van der Waals surface area contributed by atoms with Gasteiger partial charge in [0.25, 0.3) is 5.24 Å². The molecule has 6 nitrogen and oxygen atoms in total. The fourth-order valence-electron chi connectivity index (χ4n) is 2.39. The fraction of sp³-hybridized carbons (Fsp3) is 0.286. The Morgan fingerprint density at radius 3 is 2.32 bits per heavy atom. The van der Waals surface area contributed by atoms with E-state index in [0.29, 0.717) is 28.3 Å². The Morgan fingerprint density at radius 2 is 1.68 bits per heavy atom. The van der Waals surface area contributed by atoms with Crippen LogP contribution < -0.4 is 10.1 Å². The summed E-state index contributed by atoms with van der Waals surface area (Å²) in [5.41, 5.74) is 1.19. The van der Waals surface area contributed by atoms with Gasteiger partial charge >= 0.3 is 0 Å². The summed E-state index contributed by atoms with van der Waals surface area (Å²) in [6, 6.07) is 14.1. The molecule has 0 atom stereocenters. The predicted molar refractivity (Wildman–Crippen MR) is 111 cm³/mol. The summed E-state index contributed by atoms with van der Waals surface area (Å²) in [6.45, 7) is 0. The molecule has 7 heteroatoms. The number of rotatable bonds is 8. The van der Waals surface area contributed by atoms with Gasteiger partial charge in [-0.05, 0) is 54.6 Å². The molecule has 0 aliphatic heterocycles. The van der Waals surface area contributed by atoms with Crippen LogP contribution in [0.1, 0.15) is 29.6 Å². The molecule has 28 heavy (non-hydrogen) atoms. The van der Waals surface area contributed by atoms with Crippen LogP contribution >= 0.6 is 11.8 Å². The van der Waals surface area contributed by atoms with E-state index in [9.17, 15) is 14.4 Å². The molecule has 148 valence electrons. The monoisotopic (exact) mass is 400 g/mol. The lowest BCUT2D eigenvalue weighted by molar-refractivity contribution is -0.116. The van der Waals surface area contributed by atoms with E-state index in [4.69, 9.17) is 4.74 Å². The summed E-state index contributed by atoms with van der Waals surface area (Å²) in [6.07, 6.45) is 0.959. The highest BCUT2D eigenvalue weighted by molar-refractivity contribution is 8.13. The minimum atomic E-state index is -0.187. The van der Waals surface area contributed by atoms with Crippen LogP contribution in [-0.2, 0) is 4.79 Å². The van der Waals surface area contributed by atoms with Crippen LogP contribution in [0.4, 0.5) is 10.5 Å². The van der Waals surface area contributed by atoms with E-state index >= 15 is 0 Å². The van der Waals surface area contributed by atoms with Crippen molar-refractivity contribution in [3.63, 3.8) is 0 Å². The highest BCUT2D eigenvalue weighted by Crippen LogP contribution is 2.28. The number of carbonyl (C=O) groups excluding carboxylic acids is 3. The maximum absolute atomic E-state index is 12.2. The van der Waals surface area contributed by atoms with Crippen LogP contribution in [0, 0.1) is 0 Å². The number of methoxy groups -OCH3 is 1. The van der Waals surface area contributed by atoms with E-state index in [-0.39, 0.29) is 29.8 Å². The standard InChI is InChI=1S/C21H24N2O4S/c1-23(2)21(26)28-19-9-5-4-7-17(19)22-20(25)10-6-8-18(24)15-11-13-16(27-3)14-12-15/h4-5,7,9,11-14H,6,8,10H2,1-3H3,(H,22,25). The van der Waals surface area contributed by atoms with Crippen molar-refractivity contribution in [3.8, 4) is 5.75 Å². The van der Waals surface area contributed by atoms with E-state index in [1.165, 1.54) is 4.90 Å². The van der Waals surface area contributed by atoms with Gasteiger partial charge in [-0.25, -0.2) is 0 Å². The van der Waals surface area contributed by atoms with E-state index in [0.717, 1.165) is 11.8 Å². The fourth-order valence-corrected chi connectivity index (χ4v) is 3.13. The largest absolute Gasteiger partial charge is 0.497 e. The molecule has 2 amide bonds. The minimum absolute atomic E-state index is 0.0111. The third-order valence-electron chi connectivity index (χ3n) is 3.94. The summed E-state index contributed by atoms with van der Waals surface area (Å²) >= 11 is 1.06. The number of hydrogen-bond acceptors (Lipinski definition) is 5. The number of amides is 2. The molecule has 0 saturated heterocycles. The van der Waals surface area contributed by atoms with Crippen molar-refractivity contribution in [3.05, 3.63) is 54.1 Å². The summed E-state index contributed by atoms with van der Waals surface area (Å²) in [5, 5.41) is 2.71. The number of carbonyl (C=O) groups is 3. The molecule has 0 heterocycles. The first-order valence-corrected chi connectivity index (χ1v) is 9.67. The van der Waals surface area contributed by atoms with E-state index in [1.54, 1.807) is 63.7 Å². The normalized spacial score (nSPS) is 10.2. The zero-order valence-electron chi connectivity index (χ0n) is 16.2. The molecule has 0 radical (unpaired) electrons. The number of thioether (sulfide) groups is 1. The van der Waals surface area contributed by atoms with Gasteiger partial charge in [0.2, 0.25) is 5.91 Å². The molecule has 2 aromatic carbocycles. The van der Waals surface area contributed by atoms with Gasteiger partial charge in [-0.2, -0.15) is 0 Å². The zero-order valence-corrected chi connectivity index (χ0v) is 17.0. The molecule has 2 rings (SSSR count). The molecule has 1 N–H and O–H groups in total. The second kappa shape index (κ2) is 10.5. The third kappa shape index (κ3) is 6.42. The van der Waals surface area contributed by atoms with Gasteiger partial charge in [-0.1, -0.05) is 12.1 Å².